The summed E-state index contributed by atoms with van der Waals surface area (Å²) in [7, 11) is 1.68. The lowest BCUT2D eigenvalue weighted by molar-refractivity contribution is 0.122. The Bertz CT molecular complexity index is 326. The van der Waals surface area contributed by atoms with Crippen molar-refractivity contribution in [2.45, 2.75) is 32.9 Å². The first kappa shape index (κ1) is 14.0. The van der Waals surface area contributed by atoms with Crippen LogP contribution in [0.2, 0.25) is 0 Å². The molecule has 0 heterocycles. The number of benzene rings is 1. The van der Waals surface area contributed by atoms with E-state index in [2.05, 4.69) is 17.9 Å². The minimum absolute atomic E-state index is 0.285. The summed E-state index contributed by atoms with van der Waals surface area (Å²) in [6, 6.07) is 8.08. The molecule has 1 aromatic rings. The zero-order valence-corrected chi connectivity index (χ0v) is 11.0. The summed E-state index contributed by atoms with van der Waals surface area (Å²) in [6.45, 7) is 6.55. The van der Waals surface area contributed by atoms with Gasteiger partial charge in [0.1, 0.15) is 5.75 Å². The highest BCUT2D eigenvalue weighted by Gasteiger charge is 2.08. The lowest BCUT2D eigenvalue weighted by Crippen LogP contribution is -2.31. The van der Waals surface area contributed by atoms with Crippen LogP contribution >= 0.6 is 0 Å². The van der Waals surface area contributed by atoms with Gasteiger partial charge in [0.05, 0.1) is 13.2 Å². The highest BCUT2D eigenvalue weighted by Crippen LogP contribution is 2.14. The maximum Gasteiger partial charge on any atom is 0.119 e. The van der Waals surface area contributed by atoms with Crippen molar-refractivity contribution >= 4 is 0 Å². The van der Waals surface area contributed by atoms with Gasteiger partial charge >= 0.3 is 0 Å². The van der Waals surface area contributed by atoms with Gasteiger partial charge in [-0.1, -0.05) is 19.1 Å². The lowest BCUT2D eigenvalue weighted by Gasteiger charge is -2.23. The Kier molecular flexibility index (Phi) is 6.01. The fourth-order valence-electron chi connectivity index (χ4n) is 1.95. The van der Waals surface area contributed by atoms with E-state index in [1.807, 2.05) is 25.1 Å². The molecule has 0 bridgehead atoms. The Morgan fingerprint density at radius 3 is 2.76 bits per heavy atom. The van der Waals surface area contributed by atoms with E-state index >= 15 is 0 Å². The highest BCUT2D eigenvalue weighted by molar-refractivity contribution is 5.28. The van der Waals surface area contributed by atoms with Gasteiger partial charge in [0, 0.05) is 13.1 Å². The van der Waals surface area contributed by atoms with Gasteiger partial charge < -0.3 is 9.84 Å². The summed E-state index contributed by atoms with van der Waals surface area (Å²) in [5.41, 5.74) is 1.22. The molecule has 0 saturated heterocycles. The molecule has 1 unspecified atom stereocenters. The number of hydrogen-bond acceptors (Lipinski definition) is 3. The molecular weight excluding hydrogens is 214 g/mol. The van der Waals surface area contributed by atoms with Crippen molar-refractivity contribution < 1.29 is 9.84 Å². The maximum absolute atomic E-state index is 9.46. The number of hydrogen-bond donors (Lipinski definition) is 1. The summed E-state index contributed by atoms with van der Waals surface area (Å²) < 4.78 is 5.21. The topological polar surface area (TPSA) is 32.7 Å². The first-order valence-electron chi connectivity index (χ1n) is 6.19. The van der Waals surface area contributed by atoms with Crippen LogP contribution in [0.15, 0.2) is 24.3 Å². The minimum Gasteiger partial charge on any atom is -0.497 e. The van der Waals surface area contributed by atoms with Crippen LogP contribution in [0.1, 0.15) is 25.8 Å². The molecule has 0 aliphatic heterocycles. The van der Waals surface area contributed by atoms with Gasteiger partial charge in [-0.05, 0) is 37.6 Å². The maximum atomic E-state index is 9.46. The van der Waals surface area contributed by atoms with Crippen molar-refractivity contribution in [2.75, 3.05) is 20.2 Å². The van der Waals surface area contributed by atoms with E-state index in [4.69, 9.17) is 4.74 Å². The molecule has 1 rings (SSSR count). The SMILES string of the molecule is CCCN(Cc1cccc(OC)c1)CC(C)O. The van der Waals surface area contributed by atoms with Gasteiger partial charge in [-0.3, -0.25) is 4.90 Å². The van der Waals surface area contributed by atoms with E-state index in [9.17, 15) is 5.11 Å². The zero-order chi connectivity index (χ0) is 12.7. The lowest BCUT2D eigenvalue weighted by atomic mass is 10.2. The summed E-state index contributed by atoms with van der Waals surface area (Å²) in [6.07, 6.45) is 0.809. The predicted molar refractivity (Wildman–Crippen MR) is 70.2 cm³/mol. The fraction of sp³-hybridized carbons (Fsp3) is 0.571. The molecule has 0 aromatic heterocycles. The average Bonchev–Trinajstić information content (AvgIpc) is 2.29. The molecule has 3 nitrogen and oxygen atoms in total. The van der Waals surface area contributed by atoms with Crippen LogP contribution < -0.4 is 4.74 Å². The van der Waals surface area contributed by atoms with E-state index in [0.717, 1.165) is 25.3 Å². The van der Waals surface area contributed by atoms with Crippen LogP contribution in [-0.2, 0) is 6.54 Å². The third-order valence-electron chi connectivity index (χ3n) is 2.60. The fourth-order valence-corrected chi connectivity index (χ4v) is 1.95. The van der Waals surface area contributed by atoms with Gasteiger partial charge in [0.2, 0.25) is 0 Å². The Balaban J connectivity index is 2.64. The van der Waals surface area contributed by atoms with Crippen molar-refractivity contribution in [3.8, 4) is 5.75 Å². The van der Waals surface area contributed by atoms with E-state index in [-0.39, 0.29) is 6.10 Å². The number of aliphatic hydroxyl groups excluding tert-OH is 1. The second-order valence-corrected chi connectivity index (χ2v) is 4.44. The molecule has 0 radical (unpaired) electrons. The number of nitrogens with zero attached hydrogens (tertiary/aromatic N) is 1. The highest BCUT2D eigenvalue weighted by atomic mass is 16.5. The molecule has 0 spiro atoms. The van der Waals surface area contributed by atoms with Gasteiger partial charge in [-0.25, -0.2) is 0 Å². The predicted octanol–water partition coefficient (Wildman–Crippen LogP) is 2.29. The summed E-state index contributed by atoms with van der Waals surface area (Å²) in [4.78, 5) is 2.26. The Morgan fingerprint density at radius 2 is 2.18 bits per heavy atom. The monoisotopic (exact) mass is 237 g/mol. The number of aliphatic hydroxyl groups is 1. The molecule has 1 atom stereocenters. The zero-order valence-electron chi connectivity index (χ0n) is 11.0. The third-order valence-corrected chi connectivity index (χ3v) is 2.60. The Morgan fingerprint density at radius 1 is 1.41 bits per heavy atom. The summed E-state index contributed by atoms with van der Waals surface area (Å²) >= 11 is 0. The van der Waals surface area contributed by atoms with Crippen molar-refractivity contribution in [1.82, 2.24) is 4.90 Å². The first-order chi connectivity index (χ1) is 8.15. The largest absolute Gasteiger partial charge is 0.497 e. The van der Waals surface area contributed by atoms with Crippen molar-refractivity contribution in [3.63, 3.8) is 0 Å². The minimum atomic E-state index is -0.285. The van der Waals surface area contributed by atoms with Gasteiger partial charge in [0.25, 0.3) is 0 Å². The first-order valence-corrected chi connectivity index (χ1v) is 6.19. The van der Waals surface area contributed by atoms with Crippen molar-refractivity contribution in [3.05, 3.63) is 29.8 Å². The van der Waals surface area contributed by atoms with Crippen LogP contribution in [0.25, 0.3) is 0 Å². The van der Waals surface area contributed by atoms with E-state index in [0.29, 0.717) is 6.54 Å². The van der Waals surface area contributed by atoms with Crippen LogP contribution in [0.5, 0.6) is 5.75 Å². The van der Waals surface area contributed by atoms with E-state index in [1.54, 1.807) is 7.11 Å². The smallest absolute Gasteiger partial charge is 0.119 e. The normalized spacial score (nSPS) is 12.8. The molecule has 0 amide bonds. The molecule has 0 aliphatic carbocycles. The van der Waals surface area contributed by atoms with Crippen LogP contribution in [0, 0.1) is 0 Å². The molecule has 1 N–H and O–H groups in total. The number of rotatable bonds is 7. The second-order valence-electron chi connectivity index (χ2n) is 4.44. The molecule has 17 heavy (non-hydrogen) atoms. The van der Waals surface area contributed by atoms with Gasteiger partial charge in [0.15, 0.2) is 0 Å². The van der Waals surface area contributed by atoms with Crippen molar-refractivity contribution in [1.29, 1.82) is 0 Å². The summed E-state index contributed by atoms with van der Waals surface area (Å²) in [5.74, 6) is 0.885. The van der Waals surface area contributed by atoms with E-state index in [1.165, 1.54) is 5.56 Å². The van der Waals surface area contributed by atoms with Crippen LogP contribution in [0.4, 0.5) is 0 Å². The Hall–Kier alpha value is -1.06. The average molecular weight is 237 g/mol. The quantitative estimate of drug-likeness (QED) is 0.789. The van der Waals surface area contributed by atoms with Gasteiger partial charge in [-0.15, -0.1) is 0 Å². The molecular formula is C14H23NO2. The standard InChI is InChI=1S/C14H23NO2/c1-4-8-15(10-12(2)16)11-13-6-5-7-14(9-13)17-3/h5-7,9,12,16H,4,8,10-11H2,1-3H3. The summed E-state index contributed by atoms with van der Waals surface area (Å²) in [5, 5.41) is 9.46. The Labute approximate surface area is 104 Å². The molecule has 1 aromatic carbocycles. The molecule has 0 fully saturated rings. The van der Waals surface area contributed by atoms with Crippen molar-refractivity contribution in [2.24, 2.45) is 0 Å². The number of ether oxygens (including phenoxy) is 1. The third kappa shape index (κ3) is 5.20. The molecule has 96 valence electrons. The van der Waals surface area contributed by atoms with E-state index < -0.39 is 0 Å². The second kappa shape index (κ2) is 7.30. The molecule has 3 heteroatoms. The van der Waals surface area contributed by atoms with Gasteiger partial charge in [-0.2, -0.15) is 0 Å². The number of methoxy groups -OCH3 is 1. The molecule has 0 saturated carbocycles. The van der Waals surface area contributed by atoms with Crippen LogP contribution in [0.3, 0.4) is 0 Å². The molecule has 0 aliphatic rings. The van der Waals surface area contributed by atoms with Crippen LogP contribution in [-0.4, -0.2) is 36.3 Å².